The van der Waals surface area contributed by atoms with Gasteiger partial charge < -0.3 is 0 Å². The fraction of sp³-hybridized carbons (Fsp3) is 0.588. The third kappa shape index (κ3) is 1.39. The second-order valence-corrected chi connectivity index (χ2v) is 6.46. The molecule has 88 valence electrons. The van der Waals surface area contributed by atoms with E-state index in [0.29, 0.717) is 0 Å². The molecule has 3 saturated carbocycles. The van der Waals surface area contributed by atoms with E-state index in [1.807, 2.05) is 5.57 Å². The van der Waals surface area contributed by atoms with Crippen LogP contribution in [0, 0.1) is 30.1 Å². The van der Waals surface area contributed by atoms with Gasteiger partial charge in [0.25, 0.3) is 0 Å². The molecule has 0 aromatic carbocycles. The second-order valence-electron chi connectivity index (χ2n) is 6.46. The van der Waals surface area contributed by atoms with Crippen molar-refractivity contribution >= 4 is 0 Å². The molecule has 3 fully saturated rings. The molecule has 2 bridgehead atoms. The van der Waals surface area contributed by atoms with Crippen molar-refractivity contribution in [3.05, 3.63) is 41.4 Å². The molecule has 0 aromatic rings. The minimum absolute atomic E-state index is 0.953. The first kappa shape index (κ1) is 10.1. The van der Waals surface area contributed by atoms with E-state index >= 15 is 0 Å². The third-order valence-electron chi connectivity index (χ3n) is 5.62. The Morgan fingerprint density at radius 2 is 2.12 bits per heavy atom. The first-order valence-corrected chi connectivity index (χ1v) is 7.25. The molecule has 0 amide bonds. The van der Waals surface area contributed by atoms with Gasteiger partial charge in [0.1, 0.15) is 0 Å². The van der Waals surface area contributed by atoms with E-state index in [1.165, 1.54) is 37.7 Å². The first-order valence-electron chi connectivity index (χ1n) is 7.25. The van der Waals surface area contributed by atoms with Gasteiger partial charge in [-0.05, 0) is 43.9 Å². The summed E-state index contributed by atoms with van der Waals surface area (Å²) in [6.07, 6.45) is 16.7. The highest BCUT2D eigenvalue weighted by atomic mass is 14.6. The molecule has 0 N–H and O–H groups in total. The van der Waals surface area contributed by atoms with E-state index in [-0.39, 0.29) is 0 Å². The van der Waals surface area contributed by atoms with Gasteiger partial charge in [-0.15, -0.1) is 0 Å². The van der Waals surface area contributed by atoms with E-state index in [9.17, 15) is 0 Å². The van der Waals surface area contributed by atoms with Crippen molar-refractivity contribution in [2.24, 2.45) is 23.7 Å². The summed E-state index contributed by atoms with van der Waals surface area (Å²) < 4.78 is 0. The summed E-state index contributed by atoms with van der Waals surface area (Å²) in [5, 5.41) is 0. The summed E-state index contributed by atoms with van der Waals surface area (Å²) in [4.78, 5) is 0. The molecule has 17 heavy (non-hydrogen) atoms. The van der Waals surface area contributed by atoms with Crippen LogP contribution < -0.4 is 0 Å². The van der Waals surface area contributed by atoms with E-state index in [2.05, 4.69) is 31.6 Å². The summed E-state index contributed by atoms with van der Waals surface area (Å²) in [7, 11) is 0. The molecular formula is C17H21+. The summed E-state index contributed by atoms with van der Waals surface area (Å²) in [6, 6.07) is 0. The molecule has 0 heterocycles. The minimum Gasteiger partial charge on any atom is -0.0527 e. The molecule has 4 aliphatic rings. The molecule has 0 aliphatic heterocycles. The fourth-order valence-corrected chi connectivity index (χ4v) is 5.02. The van der Waals surface area contributed by atoms with Crippen molar-refractivity contribution < 1.29 is 0 Å². The van der Waals surface area contributed by atoms with Crippen LogP contribution in [0.4, 0.5) is 0 Å². The lowest BCUT2D eigenvalue weighted by molar-refractivity contribution is 0.304. The number of allylic oxidation sites excluding steroid dienone is 6. The van der Waals surface area contributed by atoms with Crippen LogP contribution in [0.15, 0.2) is 34.9 Å². The molecule has 0 nitrogen and oxygen atoms in total. The van der Waals surface area contributed by atoms with E-state index < -0.39 is 0 Å². The molecule has 0 heteroatoms. The van der Waals surface area contributed by atoms with Crippen LogP contribution in [0.5, 0.6) is 0 Å². The summed E-state index contributed by atoms with van der Waals surface area (Å²) in [5.74, 6) is 4.16. The maximum atomic E-state index is 2.40. The van der Waals surface area contributed by atoms with Crippen LogP contribution in [0.1, 0.15) is 39.0 Å². The van der Waals surface area contributed by atoms with Gasteiger partial charge in [-0.25, -0.2) is 0 Å². The van der Waals surface area contributed by atoms with Crippen molar-refractivity contribution in [1.82, 2.24) is 0 Å². The number of hydrogen-bond donors (Lipinski definition) is 0. The van der Waals surface area contributed by atoms with E-state index in [4.69, 9.17) is 0 Å². The summed E-state index contributed by atoms with van der Waals surface area (Å²) in [5.41, 5.74) is 4.78. The van der Waals surface area contributed by atoms with E-state index in [1.54, 1.807) is 5.57 Å². The van der Waals surface area contributed by atoms with Gasteiger partial charge in [0.05, 0.1) is 5.57 Å². The van der Waals surface area contributed by atoms with Gasteiger partial charge in [0.2, 0.25) is 0 Å². The second kappa shape index (κ2) is 3.54. The molecule has 4 aliphatic carbocycles. The largest absolute Gasteiger partial charge is 0.0953 e. The Labute approximate surface area is 104 Å². The highest BCUT2D eigenvalue weighted by Crippen LogP contribution is 2.61. The van der Waals surface area contributed by atoms with Gasteiger partial charge in [-0.2, -0.15) is 0 Å². The lowest BCUT2D eigenvalue weighted by Gasteiger charge is -2.25. The van der Waals surface area contributed by atoms with Crippen LogP contribution >= 0.6 is 0 Å². The van der Waals surface area contributed by atoms with E-state index in [0.717, 1.165) is 23.7 Å². The Bertz CT molecular complexity index is 435. The van der Waals surface area contributed by atoms with Crippen LogP contribution in [-0.4, -0.2) is 0 Å². The number of fused-ring (bicyclic) bond motifs is 5. The smallest absolute Gasteiger partial charge is 0.0527 e. The Hall–Kier alpha value is -0.910. The SMILES string of the molecule is CC1=C/C(=C2\C[C@@H]3C[C@H]2[C@H]2CCC[C@@H]32)[CH+]C=C1. The molecular weight excluding hydrogens is 204 g/mol. The van der Waals surface area contributed by atoms with Crippen molar-refractivity contribution in [3.63, 3.8) is 0 Å². The normalized spacial score (nSPS) is 47.0. The Balaban J connectivity index is 1.70. The van der Waals surface area contributed by atoms with Crippen LogP contribution in [0.25, 0.3) is 0 Å². The van der Waals surface area contributed by atoms with Crippen molar-refractivity contribution in [2.75, 3.05) is 0 Å². The topological polar surface area (TPSA) is 0 Å². The molecule has 4 rings (SSSR count). The number of rotatable bonds is 0. The average Bonchev–Trinajstić information content (AvgIpc) is 3.01. The predicted molar refractivity (Wildman–Crippen MR) is 71.3 cm³/mol. The fourth-order valence-electron chi connectivity index (χ4n) is 5.02. The molecule has 0 radical (unpaired) electrons. The lowest BCUT2D eigenvalue weighted by Crippen LogP contribution is -2.19. The van der Waals surface area contributed by atoms with Gasteiger partial charge in [0, 0.05) is 48.1 Å². The minimum atomic E-state index is 0.953. The zero-order chi connectivity index (χ0) is 11.4. The monoisotopic (exact) mass is 225 g/mol. The number of hydrogen-bond acceptors (Lipinski definition) is 0. The van der Waals surface area contributed by atoms with Crippen molar-refractivity contribution in [2.45, 2.75) is 39.0 Å². The van der Waals surface area contributed by atoms with Gasteiger partial charge in [0.15, 0.2) is 0 Å². The first-order chi connectivity index (χ1) is 8.33. The quantitative estimate of drug-likeness (QED) is 0.534. The van der Waals surface area contributed by atoms with Gasteiger partial charge in [-0.1, -0.05) is 6.42 Å². The maximum Gasteiger partial charge on any atom is 0.0953 e. The zero-order valence-corrected chi connectivity index (χ0v) is 10.7. The molecule has 0 unspecified atom stereocenters. The lowest BCUT2D eigenvalue weighted by atomic mass is 9.76. The van der Waals surface area contributed by atoms with Gasteiger partial charge >= 0.3 is 0 Å². The average molecular weight is 225 g/mol. The molecule has 0 saturated heterocycles. The Kier molecular flexibility index (Phi) is 2.09. The summed E-state index contributed by atoms with van der Waals surface area (Å²) in [6.45, 7) is 2.22. The highest BCUT2D eigenvalue weighted by Gasteiger charge is 2.54. The third-order valence-corrected chi connectivity index (χ3v) is 5.62. The standard InChI is InChI=1S/C17H21/c1-11-4-2-5-12(8-11)16-9-13-10-17(16)15-7-3-6-14(13)15/h2,4-5,8,13-15,17H,3,6-7,9-10H2,1H3/q+1/b16-12+/t13-,14+,15+,17+/m1/s1. The Morgan fingerprint density at radius 1 is 1.24 bits per heavy atom. The molecule has 4 atom stereocenters. The highest BCUT2D eigenvalue weighted by molar-refractivity contribution is 5.47. The molecule has 0 spiro atoms. The van der Waals surface area contributed by atoms with Crippen LogP contribution in [0.2, 0.25) is 0 Å². The Morgan fingerprint density at radius 3 is 3.00 bits per heavy atom. The molecule has 0 aromatic heterocycles. The van der Waals surface area contributed by atoms with Crippen LogP contribution in [0.3, 0.4) is 0 Å². The zero-order valence-electron chi connectivity index (χ0n) is 10.7. The van der Waals surface area contributed by atoms with Crippen molar-refractivity contribution in [1.29, 1.82) is 0 Å². The summed E-state index contributed by atoms with van der Waals surface area (Å²) >= 11 is 0. The van der Waals surface area contributed by atoms with Crippen LogP contribution in [-0.2, 0) is 0 Å². The maximum absolute atomic E-state index is 2.40. The predicted octanol–water partition coefficient (Wildman–Crippen LogP) is 4.46. The van der Waals surface area contributed by atoms with Crippen molar-refractivity contribution in [3.8, 4) is 0 Å². The van der Waals surface area contributed by atoms with Gasteiger partial charge in [-0.3, -0.25) is 0 Å².